The zero-order chi connectivity index (χ0) is 12.8. The smallest absolute Gasteiger partial charge is 0.292 e. The molecule has 0 aliphatic heterocycles. The molecule has 0 saturated heterocycles. The van der Waals surface area contributed by atoms with Gasteiger partial charge in [-0.1, -0.05) is 6.07 Å². The van der Waals surface area contributed by atoms with Crippen molar-refractivity contribution in [3.63, 3.8) is 0 Å². The number of nitro groups is 1. The molecule has 1 aromatic carbocycles. The molecule has 0 aromatic heterocycles. The van der Waals surface area contributed by atoms with Crippen molar-refractivity contribution in [2.75, 3.05) is 18.1 Å². The number of anilines is 1. The third-order valence-electron chi connectivity index (χ3n) is 2.08. The number of nitrogen functional groups attached to an aromatic ring is 1. The maximum Gasteiger partial charge on any atom is 0.292 e. The zero-order valence-electron chi connectivity index (χ0n) is 9.07. The van der Waals surface area contributed by atoms with E-state index in [0.717, 1.165) is 5.56 Å². The Morgan fingerprint density at radius 3 is 2.82 bits per heavy atom. The lowest BCUT2D eigenvalue weighted by molar-refractivity contribution is -0.383. The van der Waals surface area contributed by atoms with E-state index in [1.54, 1.807) is 6.07 Å². The fourth-order valence-electron chi connectivity index (χ4n) is 1.20. The van der Waals surface area contributed by atoms with Crippen molar-refractivity contribution in [2.45, 2.75) is 11.9 Å². The molecule has 94 valence electrons. The van der Waals surface area contributed by atoms with Crippen LogP contribution in [0, 0.1) is 10.1 Å². The van der Waals surface area contributed by atoms with E-state index in [1.807, 2.05) is 0 Å². The van der Waals surface area contributed by atoms with Crippen LogP contribution in [0.3, 0.4) is 0 Å². The monoisotopic (exact) mass is 258 g/mol. The van der Waals surface area contributed by atoms with Gasteiger partial charge in [-0.05, 0) is 11.6 Å². The molecule has 0 aliphatic carbocycles. The summed E-state index contributed by atoms with van der Waals surface area (Å²) in [6.07, 6.45) is -0.760. The third-order valence-corrected chi connectivity index (χ3v) is 3.24. The lowest BCUT2D eigenvalue weighted by atomic mass is 10.2. The molecule has 1 atom stereocenters. The van der Waals surface area contributed by atoms with Crippen LogP contribution in [0.1, 0.15) is 5.56 Å². The highest BCUT2D eigenvalue weighted by Crippen LogP contribution is 2.24. The van der Waals surface area contributed by atoms with Gasteiger partial charge < -0.3 is 15.9 Å². The summed E-state index contributed by atoms with van der Waals surface area (Å²) in [4.78, 5) is 10.1. The second-order valence-corrected chi connectivity index (χ2v) is 4.53. The summed E-state index contributed by atoms with van der Waals surface area (Å²) in [5.41, 5.74) is 6.26. The van der Waals surface area contributed by atoms with Crippen molar-refractivity contribution in [3.8, 4) is 0 Å². The summed E-state index contributed by atoms with van der Waals surface area (Å²) in [6, 6.07) is 4.63. The summed E-state index contributed by atoms with van der Waals surface area (Å²) < 4.78 is 0. The van der Waals surface area contributed by atoms with Crippen LogP contribution in [0.2, 0.25) is 0 Å². The first kappa shape index (κ1) is 13.8. The van der Waals surface area contributed by atoms with E-state index in [-0.39, 0.29) is 18.0 Å². The van der Waals surface area contributed by atoms with Gasteiger partial charge in [-0.25, -0.2) is 0 Å². The number of benzene rings is 1. The molecule has 4 N–H and O–H groups in total. The number of rotatable bonds is 6. The summed E-state index contributed by atoms with van der Waals surface area (Å²) >= 11 is 1.39. The molecular formula is C10H14N2O4S. The minimum Gasteiger partial charge on any atom is -0.394 e. The maximum absolute atomic E-state index is 10.6. The highest BCUT2D eigenvalue weighted by molar-refractivity contribution is 7.98. The molecule has 0 fully saturated rings. The lowest BCUT2D eigenvalue weighted by Gasteiger charge is -2.06. The van der Waals surface area contributed by atoms with Gasteiger partial charge >= 0.3 is 0 Å². The molecule has 17 heavy (non-hydrogen) atoms. The number of aliphatic hydroxyl groups excluding tert-OH is 2. The van der Waals surface area contributed by atoms with Crippen LogP contribution < -0.4 is 5.73 Å². The first-order valence-electron chi connectivity index (χ1n) is 4.94. The number of hydrogen-bond donors (Lipinski definition) is 3. The summed E-state index contributed by atoms with van der Waals surface area (Å²) in [7, 11) is 0. The molecule has 0 saturated carbocycles. The standard InChI is InChI=1S/C10H14N2O4S/c11-9-2-1-7(3-10(9)12(15)16)5-17-6-8(14)4-13/h1-3,8,13-14H,4-6,11H2. The van der Waals surface area contributed by atoms with Gasteiger partial charge in [-0.2, -0.15) is 11.8 Å². The first-order chi connectivity index (χ1) is 8.04. The molecule has 0 spiro atoms. The SMILES string of the molecule is Nc1ccc(CSCC(O)CO)cc1[N+](=O)[O-]. The van der Waals surface area contributed by atoms with Gasteiger partial charge in [-0.15, -0.1) is 0 Å². The Bertz CT molecular complexity index is 400. The van der Waals surface area contributed by atoms with Crippen molar-refractivity contribution in [3.05, 3.63) is 33.9 Å². The van der Waals surface area contributed by atoms with Gasteiger partial charge in [0, 0.05) is 17.6 Å². The van der Waals surface area contributed by atoms with E-state index in [9.17, 15) is 10.1 Å². The van der Waals surface area contributed by atoms with Crippen molar-refractivity contribution in [2.24, 2.45) is 0 Å². The third kappa shape index (κ3) is 4.22. The molecule has 6 nitrogen and oxygen atoms in total. The van der Waals surface area contributed by atoms with E-state index in [0.29, 0.717) is 11.5 Å². The van der Waals surface area contributed by atoms with E-state index < -0.39 is 11.0 Å². The van der Waals surface area contributed by atoms with E-state index in [4.69, 9.17) is 15.9 Å². The lowest BCUT2D eigenvalue weighted by Crippen LogP contribution is -2.14. The van der Waals surface area contributed by atoms with Crippen molar-refractivity contribution >= 4 is 23.1 Å². The van der Waals surface area contributed by atoms with Gasteiger partial charge in [0.25, 0.3) is 5.69 Å². The molecule has 0 heterocycles. The van der Waals surface area contributed by atoms with Crippen LogP contribution in [0.25, 0.3) is 0 Å². The first-order valence-corrected chi connectivity index (χ1v) is 6.09. The Morgan fingerprint density at radius 2 is 2.24 bits per heavy atom. The number of aliphatic hydroxyl groups is 2. The van der Waals surface area contributed by atoms with Gasteiger partial charge in [0.05, 0.1) is 17.6 Å². The van der Waals surface area contributed by atoms with E-state index in [1.165, 1.54) is 23.9 Å². The number of hydrogen-bond acceptors (Lipinski definition) is 6. The Kier molecular flexibility index (Phi) is 5.20. The normalized spacial score (nSPS) is 12.4. The molecule has 1 aromatic rings. The number of nitrogens with zero attached hydrogens (tertiary/aromatic N) is 1. The fourth-order valence-corrected chi connectivity index (χ4v) is 2.11. The molecule has 1 unspecified atom stereocenters. The highest BCUT2D eigenvalue weighted by atomic mass is 32.2. The topological polar surface area (TPSA) is 110 Å². The predicted molar refractivity (Wildman–Crippen MR) is 66.8 cm³/mol. The van der Waals surface area contributed by atoms with Crippen LogP contribution in [0.5, 0.6) is 0 Å². The van der Waals surface area contributed by atoms with Crippen molar-refractivity contribution < 1.29 is 15.1 Å². The second kappa shape index (κ2) is 6.43. The minimum absolute atomic E-state index is 0.106. The zero-order valence-corrected chi connectivity index (χ0v) is 9.89. The van der Waals surface area contributed by atoms with Crippen LogP contribution in [-0.4, -0.2) is 33.6 Å². The molecule has 0 aliphatic rings. The largest absolute Gasteiger partial charge is 0.394 e. The second-order valence-electron chi connectivity index (χ2n) is 3.50. The Balaban J connectivity index is 2.60. The van der Waals surface area contributed by atoms with Gasteiger partial charge in [0.2, 0.25) is 0 Å². The van der Waals surface area contributed by atoms with Crippen LogP contribution in [0.4, 0.5) is 11.4 Å². The summed E-state index contributed by atoms with van der Waals surface area (Å²) in [5, 5.41) is 28.4. The fraction of sp³-hybridized carbons (Fsp3) is 0.400. The molecular weight excluding hydrogens is 244 g/mol. The quantitative estimate of drug-likeness (QED) is 0.395. The molecule has 1 rings (SSSR count). The molecule has 0 amide bonds. The van der Waals surface area contributed by atoms with E-state index >= 15 is 0 Å². The average Bonchev–Trinajstić information content (AvgIpc) is 2.30. The summed E-state index contributed by atoms with van der Waals surface area (Å²) in [5.74, 6) is 0.910. The Morgan fingerprint density at radius 1 is 1.53 bits per heavy atom. The van der Waals surface area contributed by atoms with Crippen LogP contribution in [0.15, 0.2) is 18.2 Å². The van der Waals surface area contributed by atoms with Crippen LogP contribution >= 0.6 is 11.8 Å². The van der Waals surface area contributed by atoms with E-state index in [2.05, 4.69) is 0 Å². The minimum atomic E-state index is -0.760. The Hall–Kier alpha value is -1.31. The van der Waals surface area contributed by atoms with Gasteiger partial charge in [0.15, 0.2) is 0 Å². The Labute approximate surface area is 103 Å². The molecule has 0 bridgehead atoms. The molecule has 0 radical (unpaired) electrons. The summed E-state index contributed by atoms with van der Waals surface area (Å²) in [6.45, 7) is -0.283. The predicted octanol–water partition coefficient (Wildman–Crippen LogP) is 0.763. The van der Waals surface area contributed by atoms with Gasteiger partial charge in [0.1, 0.15) is 5.69 Å². The van der Waals surface area contributed by atoms with Crippen molar-refractivity contribution in [1.29, 1.82) is 0 Å². The maximum atomic E-state index is 10.6. The van der Waals surface area contributed by atoms with Crippen molar-refractivity contribution in [1.82, 2.24) is 0 Å². The average molecular weight is 258 g/mol. The van der Waals surface area contributed by atoms with Gasteiger partial charge in [-0.3, -0.25) is 10.1 Å². The number of nitro benzene ring substituents is 1. The number of nitrogens with two attached hydrogens (primary N) is 1. The number of thioether (sulfide) groups is 1. The van der Waals surface area contributed by atoms with Crippen LogP contribution in [-0.2, 0) is 5.75 Å². The highest BCUT2D eigenvalue weighted by Gasteiger charge is 2.12. The molecule has 7 heteroatoms.